The fourth-order valence-electron chi connectivity index (χ4n) is 3.50. The van der Waals surface area contributed by atoms with Crippen molar-refractivity contribution in [2.75, 3.05) is 5.32 Å². The molecule has 1 N–H and O–H groups in total. The minimum atomic E-state index is 0.167. The second kappa shape index (κ2) is 7.59. The fraction of sp³-hybridized carbons (Fsp3) is 0.318. The van der Waals surface area contributed by atoms with Crippen LogP contribution in [0.25, 0.3) is 22.3 Å². The van der Waals surface area contributed by atoms with Crippen LogP contribution in [0.5, 0.6) is 0 Å². The molecule has 4 aromatic rings. The van der Waals surface area contributed by atoms with E-state index in [9.17, 15) is 5.26 Å². The van der Waals surface area contributed by atoms with Crippen LogP contribution in [0.2, 0.25) is 0 Å². The van der Waals surface area contributed by atoms with Crippen molar-refractivity contribution < 1.29 is 0 Å². The molecule has 0 fully saturated rings. The van der Waals surface area contributed by atoms with Crippen molar-refractivity contribution in [2.24, 2.45) is 14.1 Å². The topological polar surface area (TPSA) is 97.2 Å². The van der Waals surface area contributed by atoms with Gasteiger partial charge in [-0.1, -0.05) is 13.8 Å². The van der Waals surface area contributed by atoms with Crippen molar-refractivity contribution in [3.63, 3.8) is 0 Å². The van der Waals surface area contributed by atoms with E-state index in [2.05, 4.69) is 37.1 Å². The number of anilines is 1. The Morgan fingerprint density at radius 3 is 2.63 bits per heavy atom. The van der Waals surface area contributed by atoms with Crippen molar-refractivity contribution in [1.82, 2.24) is 29.3 Å². The molecule has 0 aliphatic heterocycles. The van der Waals surface area contributed by atoms with Gasteiger partial charge in [-0.3, -0.25) is 4.68 Å². The summed E-state index contributed by atoms with van der Waals surface area (Å²) in [4.78, 5) is 14.0. The summed E-state index contributed by atoms with van der Waals surface area (Å²) in [6, 6.07) is 8.33. The molecule has 0 spiro atoms. The van der Waals surface area contributed by atoms with Crippen LogP contribution in [0.1, 0.15) is 42.5 Å². The maximum atomic E-state index is 9.61. The highest BCUT2D eigenvalue weighted by Gasteiger charge is 2.17. The van der Waals surface area contributed by atoms with Crippen LogP contribution in [0.15, 0.2) is 30.6 Å². The molecule has 0 aliphatic carbocycles. The monoisotopic (exact) mass is 400 g/mol. The van der Waals surface area contributed by atoms with Crippen molar-refractivity contribution in [3.8, 4) is 17.3 Å². The van der Waals surface area contributed by atoms with Gasteiger partial charge in [0.25, 0.3) is 0 Å². The summed E-state index contributed by atoms with van der Waals surface area (Å²) in [5.74, 6) is 1.42. The summed E-state index contributed by atoms with van der Waals surface area (Å²) >= 11 is 0. The lowest BCUT2D eigenvalue weighted by atomic mass is 10.1. The number of nitrogens with zero attached hydrogens (tertiary/aromatic N) is 7. The molecule has 4 rings (SSSR count). The third-order valence-electron chi connectivity index (χ3n) is 5.20. The van der Waals surface area contributed by atoms with Crippen LogP contribution >= 0.6 is 0 Å². The van der Waals surface area contributed by atoms with E-state index < -0.39 is 0 Å². The van der Waals surface area contributed by atoms with Crippen LogP contribution in [0.4, 0.5) is 5.82 Å². The van der Waals surface area contributed by atoms with E-state index in [1.165, 1.54) is 0 Å². The smallest absolute Gasteiger partial charge is 0.148 e. The lowest BCUT2D eigenvalue weighted by Gasteiger charge is -2.14. The Balaban J connectivity index is 1.78. The van der Waals surface area contributed by atoms with E-state index in [1.807, 2.05) is 57.9 Å². The summed E-state index contributed by atoms with van der Waals surface area (Å²) < 4.78 is 3.89. The third-order valence-corrected chi connectivity index (χ3v) is 5.20. The van der Waals surface area contributed by atoms with Crippen LogP contribution in [-0.4, -0.2) is 29.3 Å². The highest BCUT2D eigenvalue weighted by atomic mass is 15.3. The van der Waals surface area contributed by atoms with Gasteiger partial charge in [0.15, 0.2) is 0 Å². The Morgan fingerprint density at radius 2 is 1.97 bits per heavy atom. The molecule has 8 heteroatoms. The summed E-state index contributed by atoms with van der Waals surface area (Å²) in [5.41, 5.74) is 5.94. The molecular weight excluding hydrogens is 376 g/mol. The van der Waals surface area contributed by atoms with E-state index in [-0.39, 0.29) is 5.92 Å². The largest absolute Gasteiger partial charge is 0.363 e. The molecule has 0 saturated heterocycles. The molecule has 0 bridgehead atoms. The number of hydrogen-bond donors (Lipinski definition) is 1. The van der Waals surface area contributed by atoms with Gasteiger partial charge in [0.05, 0.1) is 34.7 Å². The zero-order valence-corrected chi connectivity index (χ0v) is 17.8. The van der Waals surface area contributed by atoms with Crippen LogP contribution in [0, 0.1) is 18.3 Å². The lowest BCUT2D eigenvalue weighted by molar-refractivity contribution is 0.764. The average Bonchev–Trinajstić information content (AvgIpc) is 3.30. The maximum absolute atomic E-state index is 9.61. The number of hydrogen-bond acceptors (Lipinski definition) is 6. The zero-order valence-electron chi connectivity index (χ0n) is 17.8. The third kappa shape index (κ3) is 3.39. The second-order valence-corrected chi connectivity index (χ2v) is 7.66. The number of fused-ring (bicyclic) bond motifs is 1. The van der Waals surface area contributed by atoms with E-state index >= 15 is 0 Å². The molecule has 0 saturated carbocycles. The highest BCUT2D eigenvalue weighted by molar-refractivity contribution is 5.82. The van der Waals surface area contributed by atoms with E-state index in [0.29, 0.717) is 29.4 Å². The van der Waals surface area contributed by atoms with Gasteiger partial charge in [-0.05, 0) is 25.1 Å². The average molecular weight is 400 g/mol. The summed E-state index contributed by atoms with van der Waals surface area (Å²) in [7, 11) is 3.92. The Morgan fingerprint density at radius 1 is 1.17 bits per heavy atom. The van der Waals surface area contributed by atoms with Crippen molar-refractivity contribution in [1.29, 1.82) is 5.26 Å². The first-order valence-electron chi connectivity index (χ1n) is 9.85. The molecule has 0 amide bonds. The van der Waals surface area contributed by atoms with Gasteiger partial charge in [-0.2, -0.15) is 10.4 Å². The normalized spacial score (nSPS) is 11.2. The number of nitrogens with one attached hydrogen (secondary N) is 1. The molecule has 0 aliphatic rings. The summed E-state index contributed by atoms with van der Waals surface area (Å²) in [5, 5.41) is 17.3. The van der Waals surface area contributed by atoms with Gasteiger partial charge in [0, 0.05) is 38.0 Å². The Hall–Kier alpha value is -3.73. The quantitative estimate of drug-likeness (QED) is 0.549. The Bertz CT molecular complexity index is 1270. The van der Waals surface area contributed by atoms with Gasteiger partial charge >= 0.3 is 0 Å². The van der Waals surface area contributed by atoms with E-state index in [4.69, 9.17) is 4.98 Å². The molecular formula is C22H24N8. The summed E-state index contributed by atoms with van der Waals surface area (Å²) in [6.07, 6.45) is 3.77. The molecule has 0 unspecified atom stereocenters. The van der Waals surface area contributed by atoms with Crippen LogP contribution in [0.3, 0.4) is 0 Å². The van der Waals surface area contributed by atoms with Gasteiger partial charge in [0.1, 0.15) is 23.3 Å². The molecule has 30 heavy (non-hydrogen) atoms. The number of rotatable bonds is 5. The van der Waals surface area contributed by atoms with Gasteiger partial charge < -0.3 is 9.88 Å². The predicted molar refractivity (Wildman–Crippen MR) is 116 cm³/mol. The molecule has 8 nitrogen and oxygen atoms in total. The number of aryl methyl sites for hydroxylation is 3. The van der Waals surface area contributed by atoms with Gasteiger partial charge in [0.2, 0.25) is 0 Å². The van der Waals surface area contributed by atoms with E-state index in [0.717, 1.165) is 28.0 Å². The minimum absolute atomic E-state index is 0.167. The van der Waals surface area contributed by atoms with E-state index in [1.54, 1.807) is 6.20 Å². The molecule has 4 aromatic heterocycles. The fourth-order valence-corrected chi connectivity index (χ4v) is 3.50. The number of nitriles is 1. The molecule has 0 radical (unpaired) electrons. The lowest BCUT2D eigenvalue weighted by Crippen LogP contribution is -2.11. The first kappa shape index (κ1) is 19.6. The Labute approximate surface area is 175 Å². The SMILES string of the molecule is Cc1nc(C(C)C)nc(NCc2nc3ccn(C)c3cc2-c2ccnn2C)c1C#N. The first-order chi connectivity index (χ1) is 14.4. The number of aromatic nitrogens is 6. The minimum Gasteiger partial charge on any atom is -0.363 e. The van der Waals surface area contributed by atoms with Crippen LogP contribution in [-0.2, 0) is 20.6 Å². The van der Waals surface area contributed by atoms with Crippen LogP contribution < -0.4 is 5.32 Å². The van der Waals surface area contributed by atoms with Crippen molar-refractivity contribution in [3.05, 3.63) is 53.4 Å². The Kier molecular flexibility index (Phi) is 4.96. The standard InChI is InChI=1S/C22H24N8/c1-13(2)21-26-14(3)16(11-23)22(28-21)24-12-18-15(19-6-8-25-30(19)5)10-20-17(27-18)7-9-29(20)4/h6-10,13H,12H2,1-5H3,(H,24,26,28). The number of pyridine rings is 1. The van der Waals surface area contributed by atoms with Gasteiger partial charge in [-0.25, -0.2) is 15.0 Å². The summed E-state index contributed by atoms with van der Waals surface area (Å²) in [6.45, 7) is 6.34. The molecule has 4 heterocycles. The van der Waals surface area contributed by atoms with Crippen molar-refractivity contribution in [2.45, 2.75) is 33.2 Å². The zero-order chi connectivity index (χ0) is 21.4. The highest BCUT2D eigenvalue weighted by Crippen LogP contribution is 2.28. The van der Waals surface area contributed by atoms with Gasteiger partial charge in [-0.15, -0.1) is 0 Å². The predicted octanol–water partition coefficient (Wildman–Crippen LogP) is 3.68. The molecule has 0 aromatic carbocycles. The second-order valence-electron chi connectivity index (χ2n) is 7.66. The maximum Gasteiger partial charge on any atom is 0.148 e. The van der Waals surface area contributed by atoms with Crippen molar-refractivity contribution >= 4 is 16.9 Å². The molecule has 152 valence electrons. The molecule has 0 atom stereocenters. The first-order valence-corrected chi connectivity index (χ1v) is 9.85.